The second kappa shape index (κ2) is 5.10. The lowest BCUT2D eigenvalue weighted by Gasteiger charge is -2.05. The van der Waals surface area contributed by atoms with E-state index in [2.05, 4.69) is 14.9 Å². The highest BCUT2D eigenvalue weighted by molar-refractivity contribution is 7.17. The summed E-state index contributed by atoms with van der Waals surface area (Å²) in [5.74, 6) is 0. The molecule has 0 spiro atoms. The van der Waals surface area contributed by atoms with Gasteiger partial charge in [0.05, 0.1) is 11.9 Å². The third-order valence-electron chi connectivity index (χ3n) is 2.81. The normalized spacial score (nSPS) is 11.0. The largest absolute Gasteiger partial charge is 0.374 e. The fraction of sp³-hybridized carbons (Fsp3) is 0.250. The summed E-state index contributed by atoms with van der Waals surface area (Å²) in [6, 6.07) is 3.83. The highest BCUT2D eigenvalue weighted by atomic mass is 32.1. The first-order valence-electron chi connectivity index (χ1n) is 5.91. The van der Waals surface area contributed by atoms with Gasteiger partial charge in [0.2, 0.25) is 0 Å². The Morgan fingerprint density at radius 2 is 2.32 bits per heavy atom. The zero-order valence-corrected chi connectivity index (χ0v) is 11.9. The molecular formula is C12H12N4OS2. The van der Waals surface area contributed by atoms with Gasteiger partial charge in [-0.2, -0.15) is 0 Å². The second-order valence-corrected chi connectivity index (χ2v) is 5.73. The molecule has 5 nitrogen and oxygen atoms in total. The van der Waals surface area contributed by atoms with Gasteiger partial charge in [-0.05, 0) is 24.4 Å². The highest BCUT2D eigenvalue weighted by Gasteiger charge is 2.10. The average Bonchev–Trinajstić information content (AvgIpc) is 3.03. The number of hydrogen-bond donors (Lipinski definition) is 1. The van der Waals surface area contributed by atoms with E-state index in [1.165, 1.54) is 11.5 Å². The standard InChI is InChI=1S/C12H12N4OS2/c1-2-13-11-9(14-15-19-11)7-16-5-3-10-8(12(16)17)4-6-18-10/h3-6,13H,2,7H2,1H3. The topological polar surface area (TPSA) is 59.8 Å². The molecule has 0 bridgehead atoms. The maximum atomic E-state index is 12.3. The Kier molecular flexibility index (Phi) is 3.31. The van der Waals surface area contributed by atoms with Crippen LogP contribution >= 0.6 is 22.9 Å². The van der Waals surface area contributed by atoms with Crippen molar-refractivity contribution in [3.63, 3.8) is 0 Å². The van der Waals surface area contributed by atoms with Gasteiger partial charge in [-0.3, -0.25) is 4.79 Å². The van der Waals surface area contributed by atoms with Gasteiger partial charge in [0.25, 0.3) is 5.56 Å². The Morgan fingerprint density at radius 3 is 3.16 bits per heavy atom. The molecule has 0 fully saturated rings. The van der Waals surface area contributed by atoms with Crippen molar-refractivity contribution < 1.29 is 0 Å². The van der Waals surface area contributed by atoms with Gasteiger partial charge in [0.15, 0.2) is 0 Å². The van der Waals surface area contributed by atoms with Crippen LogP contribution in [0.1, 0.15) is 12.6 Å². The molecule has 0 aliphatic heterocycles. The third-order valence-corrected chi connectivity index (χ3v) is 4.41. The Morgan fingerprint density at radius 1 is 1.42 bits per heavy atom. The van der Waals surface area contributed by atoms with Crippen LogP contribution in [0.4, 0.5) is 5.00 Å². The Labute approximate surface area is 117 Å². The fourth-order valence-corrected chi connectivity index (χ4v) is 3.31. The number of nitrogens with zero attached hydrogens (tertiary/aromatic N) is 3. The summed E-state index contributed by atoms with van der Waals surface area (Å²) in [7, 11) is 0. The molecule has 0 aliphatic rings. The molecule has 0 atom stereocenters. The molecule has 3 aromatic heterocycles. The van der Waals surface area contributed by atoms with Crippen molar-refractivity contribution in [2.24, 2.45) is 0 Å². The van der Waals surface area contributed by atoms with Gasteiger partial charge in [-0.15, -0.1) is 16.4 Å². The summed E-state index contributed by atoms with van der Waals surface area (Å²) in [5, 5.41) is 10.9. The van der Waals surface area contributed by atoms with Gasteiger partial charge >= 0.3 is 0 Å². The molecular weight excluding hydrogens is 280 g/mol. The summed E-state index contributed by atoms with van der Waals surface area (Å²) in [5.41, 5.74) is 0.831. The molecule has 0 saturated heterocycles. The van der Waals surface area contributed by atoms with Crippen LogP contribution in [-0.2, 0) is 6.54 Å². The summed E-state index contributed by atoms with van der Waals surface area (Å²) in [6.07, 6.45) is 1.82. The molecule has 7 heteroatoms. The first-order chi connectivity index (χ1) is 9.29. The SMILES string of the molecule is CCNc1snnc1Cn1ccc2sccc2c1=O. The molecule has 98 valence electrons. The lowest BCUT2D eigenvalue weighted by molar-refractivity contribution is 0.744. The second-order valence-electron chi connectivity index (χ2n) is 4.03. The predicted octanol–water partition coefficient (Wildman–Crippen LogP) is 2.39. The number of rotatable bonds is 4. The zero-order chi connectivity index (χ0) is 13.2. The van der Waals surface area contributed by atoms with Gasteiger partial charge in [-0.1, -0.05) is 4.49 Å². The maximum Gasteiger partial charge on any atom is 0.259 e. The molecule has 0 aliphatic carbocycles. The van der Waals surface area contributed by atoms with E-state index in [1.54, 1.807) is 15.9 Å². The van der Waals surface area contributed by atoms with E-state index in [0.717, 1.165) is 27.3 Å². The Hall–Kier alpha value is -1.73. The summed E-state index contributed by atoms with van der Waals surface area (Å²) in [6.45, 7) is 3.28. The molecule has 0 unspecified atom stereocenters. The Balaban J connectivity index is 1.98. The third kappa shape index (κ3) is 2.26. The van der Waals surface area contributed by atoms with Gasteiger partial charge < -0.3 is 9.88 Å². The van der Waals surface area contributed by atoms with Crippen LogP contribution in [0.5, 0.6) is 0 Å². The molecule has 3 aromatic rings. The first kappa shape index (κ1) is 12.3. The highest BCUT2D eigenvalue weighted by Crippen LogP contribution is 2.19. The number of aromatic nitrogens is 3. The van der Waals surface area contributed by atoms with Crippen LogP contribution in [0.2, 0.25) is 0 Å². The number of fused-ring (bicyclic) bond motifs is 1. The lowest BCUT2D eigenvalue weighted by Crippen LogP contribution is -2.20. The van der Waals surface area contributed by atoms with Gasteiger partial charge in [-0.25, -0.2) is 0 Å². The smallest absolute Gasteiger partial charge is 0.259 e. The summed E-state index contributed by atoms with van der Waals surface area (Å²) >= 11 is 2.90. The summed E-state index contributed by atoms with van der Waals surface area (Å²) < 4.78 is 6.63. The van der Waals surface area contributed by atoms with E-state index in [9.17, 15) is 4.79 Å². The zero-order valence-electron chi connectivity index (χ0n) is 10.3. The average molecular weight is 292 g/mol. The number of nitrogens with one attached hydrogen (secondary N) is 1. The monoisotopic (exact) mass is 292 g/mol. The quantitative estimate of drug-likeness (QED) is 0.802. The minimum absolute atomic E-state index is 0.0224. The van der Waals surface area contributed by atoms with Crippen molar-refractivity contribution in [1.82, 2.24) is 14.2 Å². The van der Waals surface area contributed by atoms with Crippen molar-refractivity contribution >= 4 is 38.0 Å². The van der Waals surface area contributed by atoms with Gasteiger partial charge in [0, 0.05) is 29.0 Å². The molecule has 0 amide bonds. The van der Waals surface area contributed by atoms with Crippen molar-refractivity contribution in [2.75, 3.05) is 11.9 Å². The van der Waals surface area contributed by atoms with E-state index in [0.29, 0.717) is 6.54 Å². The van der Waals surface area contributed by atoms with Crippen molar-refractivity contribution in [1.29, 1.82) is 0 Å². The maximum absolute atomic E-state index is 12.3. The van der Waals surface area contributed by atoms with E-state index >= 15 is 0 Å². The molecule has 0 aromatic carbocycles. The minimum atomic E-state index is 0.0224. The molecule has 0 radical (unpaired) electrons. The molecule has 1 N–H and O–H groups in total. The molecule has 0 saturated carbocycles. The van der Waals surface area contributed by atoms with E-state index in [4.69, 9.17) is 0 Å². The van der Waals surface area contributed by atoms with Crippen LogP contribution in [0.25, 0.3) is 10.1 Å². The van der Waals surface area contributed by atoms with Crippen molar-refractivity contribution in [3.8, 4) is 0 Å². The number of pyridine rings is 1. The fourth-order valence-electron chi connectivity index (χ4n) is 1.90. The van der Waals surface area contributed by atoms with E-state index < -0.39 is 0 Å². The first-order valence-corrected chi connectivity index (χ1v) is 7.56. The Bertz CT molecular complexity index is 758. The van der Waals surface area contributed by atoms with Crippen molar-refractivity contribution in [3.05, 3.63) is 39.8 Å². The van der Waals surface area contributed by atoms with Crippen LogP contribution in [-0.4, -0.2) is 20.7 Å². The molecule has 3 heterocycles. The van der Waals surface area contributed by atoms with Crippen LogP contribution < -0.4 is 10.9 Å². The number of thiophene rings is 1. The van der Waals surface area contributed by atoms with Gasteiger partial charge in [0.1, 0.15) is 10.7 Å². The van der Waals surface area contributed by atoms with E-state index in [-0.39, 0.29) is 5.56 Å². The molecule has 3 rings (SSSR count). The van der Waals surface area contributed by atoms with Crippen LogP contribution in [0, 0.1) is 0 Å². The minimum Gasteiger partial charge on any atom is -0.374 e. The van der Waals surface area contributed by atoms with Crippen LogP contribution in [0.3, 0.4) is 0 Å². The molecule has 19 heavy (non-hydrogen) atoms. The lowest BCUT2D eigenvalue weighted by atomic mass is 10.3. The van der Waals surface area contributed by atoms with Crippen molar-refractivity contribution in [2.45, 2.75) is 13.5 Å². The summed E-state index contributed by atoms with van der Waals surface area (Å²) in [4.78, 5) is 12.3. The van der Waals surface area contributed by atoms with E-state index in [1.807, 2.05) is 30.6 Å². The number of anilines is 1. The number of hydrogen-bond acceptors (Lipinski definition) is 6. The predicted molar refractivity (Wildman–Crippen MR) is 79.3 cm³/mol. The van der Waals surface area contributed by atoms with Crippen LogP contribution in [0.15, 0.2) is 28.5 Å².